The molecule has 2 amide bonds. The van der Waals surface area contributed by atoms with Crippen molar-refractivity contribution < 1.29 is 33.0 Å². The number of carbonyl (C=O) groups is 3. The number of hydrogen-bond acceptors (Lipinski definition) is 5. The molecule has 1 saturated carbocycles. The Hall–Kier alpha value is -3.34. The Balaban J connectivity index is 1.65. The van der Waals surface area contributed by atoms with Crippen molar-refractivity contribution in [3.63, 3.8) is 0 Å². The summed E-state index contributed by atoms with van der Waals surface area (Å²) in [5, 5.41) is 11.7. The first-order chi connectivity index (χ1) is 16.9. The second-order valence-corrected chi connectivity index (χ2v) is 15.3. The average molecular weight is 518 g/mol. The van der Waals surface area contributed by atoms with Gasteiger partial charge in [-0.1, -0.05) is 19.6 Å². The molecule has 2 N–H and O–H groups in total. The third-order valence-corrected chi connectivity index (χ3v) is 8.63. The molecule has 2 aromatic rings. The van der Waals surface area contributed by atoms with Gasteiger partial charge in [-0.05, 0) is 30.5 Å². The van der Waals surface area contributed by atoms with E-state index in [1.54, 1.807) is 12.1 Å². The van der Waals surface area contributed by atoms with Gasteiger partial charge >= 0.3 is 5.97 Å². The number of carboxylic acids is 1. The van der Waals surface area contributed by atoms with Gasteiger partial charge in [-0.2, -0.15) is 0 Å². The van der Waals surface area contributed by atoms with Crippen LogP contribution in [0.15, 0.2) is 24.3 Å². The van der Waals surface area contributed by atoms with Crippen molar-refractivity contribution in [2.45, 2.75) is 44.9 Å². The summed E-state index contributed by atoms with van der Waals surface area (Å²) in [6.07, 6.45) is 0.712. The maximum atomic E-state index is 14.8. The fraction of sp³-hybridized carbons (Fsp3) is 0.440. The van der Waals surface area contributed by atoms with E-state index in [9.17, 15) is 23.2 Å². The van der Waals surface area contributed by atoms with Gasteiger partial charge in [0.15, 0.2) is 0 Å². The van der Waals surface area contributed by atoms with E-state index in [4.69, 9.17) is 9.84 Å². The van der Waals surface area contributed by atoms with Gasteiger partial charge in [-0.25, -0.2) is 13.8 Å². The van der Waals surface area contributed by atoms with Gasteiger partial charge in [0, 0.05) is 47.8 Å². The number of carbonyl (C=O) groups excluding carboxylic acids is 2. The minimum atomic E-state index is -2.30. The van der Waals surface area contributed by atoms with E-state index in [2.05, 4.69) is 10.3 Å². The number of methoxy groups -OCH3 is 1. The Morgan fingerprint density at radius 2 is 1.86 bits per heavy atom. The van der Waals surface area contributed by atoms with Crippen molar-refractivity contribution in [3.8, 4) is 5.88 Å². The fourth-order valence-electron chi connectivity index (χ4n) is 4.88. The first-order valence-corrected chi connectivity index (χ1v) is 15.3. The Morgan fingerprint density at radius 3 is 2.44 bits per heavy atom. The lowest BCUT2D eigenvalue weighted by atomic mass is 9.95. The van der Waals surface area contributed by atoms with Crippen LogP contribution in [-0.4, -0.2) is 54.5 Å². The van der Waals surface area contributed by atoms with E-state index in [0.717, 1.165) is 12.1 Å². The van der Waals surface area contributed by atoms with Crippen molar-refractivity contribution in [2.24, 2.45) is 11.8 Å². The molecule has 36 heavy (non-hydrogen) atoms. The van der Waals surface area contributed by atoms with Gasteiger partial charge in [0.05, 0.1) is 20.9 Å². The number of halogens is 2. The molecule has 0 radical (unpaired) electrons. The highest BCUT2D eigenvalue weighted by Crippen LogP contribution is 2.45. The van der Waals surface area contributed by atoms with Crippen LogP contribution in [0.5, 0.6) is 5.88 Å². The molecule has 1 aliphatic carbocycles. The summed E-state index contributed by atoms with van der Waals surface area (Å²) in [5.74, 6) is -3.75. The van der Waals surface area contributed by atoms with Gasteiger partial charge in [0.1, 0.15) is 17.7 Å². The predicted molar refractivity (Wildman–Crippen MR) is 131 cm³/mol. The van der Waals surface area contributed by atoms with E-state index >= 15 is 0 Å². The molecule has 8 nitrogen and oxygen atoms in total. The van der Waals surface area contributed by atoms with E-state index < -0.39 is 43.5 Å². The van der Waals surface area contributed by atoms with Gasteiger partial charge in [-0.15, -0.1) is 0 Å². The lowest BCUT2D eigenvalue weighted by Gasteiger charge is -2.36. The van der Waals surface area contributed by atoms with Crippen LogP contribution in [-0.2, 0) is 20.8 Å². The van der Waals surface area contributed by atoms with Crippen LogP contribution in [0.4, 0.5) is 14.5 Å². The summed E-state index contributed by atoms with van der Waals surface area (Å²) in [7, 11) is -0.829. The number of rotatable bonds is 7. The number of aromatic nitrogens is 1. The SMILES string of the molecule is COc1ccc2c(n1)CCN(C(=O)[C@@H]1C[C@H]1CC(=O)O)[C@H]2C(=O)Nc1cc(F)c([Si](C)(C)C)c(F)c1. The number of pyridine rings is 1. The van der Waals surface area contributed by atoms with E-state index in [1.165, 1.54) is 12.0 Å². The average Bonchev–Trinajstić information content (AvgIpc) is 3.54. The number of ether oxygens (including phenoxy) is 1. The molecule has 0 unspecified atom stereocenters. The second kappa shape index (κ2) is 9.60. The zero-order chi connectivity index (χ0) is 26.4. The van der Waals surface area contributed by atoms with Gasteiger partial charge in [0.2, 0.25) is 11.8 Å². The van der Waals surface area contributed by atoms with Crippen LogP contribution in [0.1, 0.15) is 30.1 Å². The molecule has 0 bridgehead atoms. The lowest BCUT2D eigenvalue weighted by Crippen LogP contribution is -2.46. The molecule has 0 saturated heterocycles. The van der Waals surface area contributed by atoms with Crippen molar-refractivity contribution in [1.82, 2.24) is 9.88 Å². The number of nitrogens with one attached hydrogen (secondary N) is 1. The monoisotopic (exact) mass is 517 g/mol. The predicted octanol–water partition coefficient (Wildman–Crippen LogP) is 3.09. The Morgan fingerprint density at radius 1 is 1.19 bits per heavy atom. The highest BCUT2D eigenvalue weighted by molar-refractivity contribution is 6.88. The smallest absolute Gasteiger partial charge is 0.303 e. The van der Waals surface area contributed by atoms with E-state index in [0.29, 0.717) is 30.0 Å². The fourth-order valence-corrected chi connectivity index (χ4v) is 6.46. The Kier molecular flexibility index (Phi) is 6.87. The van der Waals surface area contributed by atoms with E-state index in [-0.39, 0.29) is 35.7 Å². The summed E-state index contributed by atoms with van der Waals surface area (Å²) in [5.41, 5.74) is 1.03. The van der Waals surface area contributed by atoms with E-state index in [1.807, 2.05) is 19.6 Å². The third kappa shape index (κ3) is 5.11. The van der Waals surface area contributed by atoms with Crippen LogP contribution >= 0.6 is 0 Å². The summed E-state index contributed by atoms with van der Waals surface area (Å²) in [6, 6.07) is 4.34. The quantitative estimate of drug-likeness (QED) is 0.547. The number of carboxylic acid groups (broad SMARTS) is 1. The molecule has 2 aliphatic rings. The first kappa shape index (κ1) is 25.7. The number of anilines is 1. The van der Waals surface area contributed by atoms with Crippen molar-refractivity contribution in [3.05, 3.63) is 47.2 Å². The first-order valence-electron chi connectivity index (χ1n) is 11.8. The molecular weight excluding hydrogens is 488 g/mol. The van der Waals surface area contributed by atoms with Crippen LogP contribution in [0.25, 0.3) is 0 Å². The highest BCUT2D eigenvalue weighted by atomic mass is 28.3. The number of aliphatic carboxylic acids is 1. The Labute approximate surface area is 208 Å². The molecule has 11 heteroatoms. The van der Waals surface area contributed by atoms with Crippen LogP contribution in [0, 0.1) is 23.5 Å². The summed E-state index contributed by atoms with van der Waals surface area (Å²) in [4.78, 5) is 43.7. The van der Waals surface area contributed by atoms with Crippen molar-refractivity contribution >= 4 is 36.7 Å². The molecule has 1 aromatic carbocycles. The number of fused-ring (bicyclic) bond motifs is 1. The highest BCUT2D eigenvalue weighted by Gasteiger charge is 2.49. The topological polar surface area (TPSA) is 109 Å². The Bertz CT molecular complexity index is 1210. The minimum absolute atomic E-state index is 0.0480. The normalized spacial score (nSPS) is 20.9. The molecule has 4 rings (SSSR count). The summed E-state index contributed by atoms with van der Waals surface area (Å²) < 4.78 is 34.8. The molecule has 3 atom stereocenters. The standard InChI is InChI=1S/C25H29F2N3O5Si/c1-35-20-6-5-15-19(29-20)7-8-30(25(34)16-9-13(16)10-21(31)32)22(15)24(33)28-14-11-17(26)23(18(27)12-14)36(2,3)4/h5-6,11-13,16,22H,7-10H2,1-4H3,(H,28,33)(H,31,32)/t13-,16+,22+/m0/s1. The molecule has 192 valence electrons. The number of amides is 2. The van der Waals surface area contributed by atoms with Crippen LogP contribution in [0.3, 0.4) is 0 Å². The zero-order valence-electron chi connectivity index (χ0n) is 20.6. The largest absolute Gasteiger partial charge is 0.481 e. The van der Waals surface area contributed by atoms with Gasteiger partial charge < -0.3 is 20.1 Å². The summed E-state index contributed by atoms with van der Waals surface area (Å²) >= 11 is 0. The number of nitrogens with zero attached hydrogens (tertiary/aromatic N) is 2. The molecule has 0 spiro atoms. The summed E-state index contributed by atoms with van der Waals surface area (Å²) in [6.45, 7) is 5.67. The minimum Gasteiger partial charge on any atom is -0.481 e. The second-order valence-electron chi connectivity index (χ2n) is 10.3. The number of hydrogen-bond donors (Lipinski definition) is 2. The molecule has 1 aromatic heterocycles. The molecule has 2 heterocycles. The molecule has 1 aliphatic heterocycles. The maximum Gasteiger partial charge on any atom is 0.303 e. The molecular formula is C25H29F2N3O5Si. The van der Waals surface area contributed by atoms with Gasteiger partial charge in [0.25, 0.3) is 5.91 Å². The third-order valence-electron chi connectivity index (χ3n) is 6.66. The maximum absolute atomic E-state index is 14.8. The molecule has 1 fully saturated rings. The van der Waals surface area contributed by atoms with Crippen LogP contribution < -0.4 is 15.2 Å². The zero-order valence-corrected chi connectivity index (χ0v) is 21.6. The number of benzene rings is 1. The van der Waals surface area contributed by atoms with Gasteiger partial charge in [-0.3, -0.25) is 14.4 Å². The van der Waals surface area contributed by atoms with Crippen molar-refractivity contribution in [1.29, 1.82) is 0 Å². The lowest BCUT2D eigenvalue weighted by molar-refractivity contribution is -0.141. The van der Waals surface area contributed by atoms with Crippen LogP contribution in [0.2, 0.25) is 19.6 Å². The van der Waals surface area contributed by atoms with Crippen molar-refractivity contribution in [2.75, 3.05) is 19.0 Å².